The van der Waals surface area contributed by atoms with E-state index in [1.807, 2.05) is 0 Å². The molecule has 10 heavy (non-hydrogen) atoms. The highest BCUT2D eigenvalue weighted by Gasteiger charge is 2.02. The summed E-state index contributed by atoms with van der Waals surface area (Å²) in [6, 6.07) is -0.865. The number of hydrogen-bond donors (Lipinski definition) is 1. The SMILES string of the molecule is CC(=O)C([NH-])CCC(=O)O. The van der Waals surface area contributed by atoms with Gasteiger partial charge in [0, 0.05) is 6.42 Å². The molecule has 2 N–H and O–H groups in total. The van der Waals surface area contributed by atoms with Crippen molar-refractivity contribution in [2.24, 2.45) is 0 Å². The lowest BCUT2D eigenvalue weighted by Gasteiger charge is -2.13. The summed E-state index contributed by atoms with van der Waals surface area (Å²) >= 11 is 0. The van der Waals surface area contributed by atoms with Gasteiger partial charge in [0.1, 0.15) is 5.78 Å². The molecule has 1 unspecified atom stereocenters. The molecule has 0 bridgehead atoms. The van der Waals surface area contributed by atoms with Crippen LogP contribution in [0.4, 0.5) is 0 Å². The Balaban J connectivity index is 3.49. The molecule has 0 aromatic carbocycles. The third-order valence-corrected chi connectivity index (χ3v) is 1.14. The average Bonchev–Trinajstić information content (AvgIpc) is 1.82. The molecule has 0 aliphatic carbocycles. The van der Waals surface area contributed by atoms with Crippen molar-refractivity contribution in [3.05, 3.63) is 5.73 Å². The maximum atomic E-state index is 10.4. The minimum Gasteiger partial charge on any atom is -0.668 e. The molecular formula is C6H10NO3-. The van der Waals surface area contributed by atoms with Crippen molar-refractivity contribution in [3.8, 4) is 0 Å². The van der Waals surface area contributed by atoms with Gasteiger partial charge in [-0.25, -0.2) is 0 Å². The Morgan fingerprint density at radius 2 is 2.10 bits per heavy atom. The van der Waals surface area contributed by atoms with Crippen LogP contribution in [0.1, 0.15) is 19.8 Å². The van der Waals surface area contributed by atoms with E-state index in [4.69, 9.17) is 10.8 Å². The van der Waals surface area contributed by atoms with E-state index in [1.54, 1.807) is 0 Å². The quantitative estimate of drug-likeness (QED) is 0.635. The molecule has 0 saturated carbocycles. The highest BCUT2D eigenvalue weighted by molar-refractivity contribution is 5.83. The summed E-state index contributed by atoms with van der Waals surface area (Å²) < 4.78 is 0. The molecule has 0 fully saturated rings. The van der Waals surface area contributed by atoms with Crippen LogP contribution in [0.5, 0.6) is 0 Å². The molecule has 0 spiro atoms. The summed E-state index contributed by atoms with van der Waals surface area (Å²) in [5.74, 6) is -1.24. The number of hydrogen-bond acceptors (Lipinski definition) is 2. The van der Waals surface area contributed by atoms with Gasteiger partial charge in [-0.2, -0.15) is 0 Å². The lowest BCUT2D eigenvalue weighted by atomic mass is 10.1. The van der Waals surface area contributed by atoms with Crippen molar-refractivity contribution in [1.82, 2.24) is 0 Å². The van der Waals surface area contributed by atoms with Crippen LogP contribution in [0, 0.1) is 0 Å². The fraction of sp³-hybridized carbons (Fsp3) is 0.667. The number of carboxylic acid groups (broad SMARTS) is 1. The van der Waals surface area contributed by atoms with Crippen LogP contribution in [0.25, 0.3) is 5.73 Å². The molecule has 0 aliphatic rings. The Morgan fingerprint density at radius 3 is 2.40 bits per heavy atom. The van der Waals surface area contributed by atoms with Crippen LogP contribution in [0.15, 0.2) is 0 Å². The van der Waals surface area contributed by atoms with Crippen molar-refractivity contribution in [2.75, 3.05) is 0 Å². The van der Waals surface area contributed by atoms with Gasteiger partial charge in [0.15, 0.2) is 0 Å². The second-order valence-electron chi connectivity index (χ2n) is 2.10. The van der Waals surface area contributed by atoms with Crippen LogP contribution >= 0.6 is 0 Å². The van der Waals surface area contributed by atoms with Crippen molar-refractivity contribution >= 4 is 11.8 Å². The first-order valence-electron chi connectivity index (χ1n) is 2.97. The zero-order chi connectivity index (χ0) is 8.15. The van der Waals surface area contributed by atoms with Gasteiger partial charge in [-0.05, 0) is 6.92 Å². The minimum atomic E-state index is -0.960. The zero-order valence-electron chi connectivity index (χ0n) is 5.76. The summed E-state index contributed by atoms with van der Waals surface area (Å²) in [7, 11) is 0. The van der Waals surface area contributed by atoms with Crippen LogP contribution in [-0.4, -0.2) is 22.9 Å². The summed E-state index contributed by atoms with van der Waals surface area (Å²) in [6.45, 7) is 1.29. The van der Waals surface area contributed by atoms with Gasteiger partial charge in [-0.1, -0.05) is 12.5 Å². The molecule has 0 aromatic rings. The second-order valence-corrected chi connectivity index (χ2v) is 2.10. The van der Waals surface area contributed by atoms with E-state index in [9.17, 15) is 9.59 Å². The van der Waals surface area contributed by atoms with Crippen molar-refractivity contribution in [1.29, 1.82) is 0 Å². The van der Waals surface area contributed by atoms with Crippen LogP contribution in [0.2, 0.25) is 0 Å². The zero-order valence-corrected chi connectivity index (χ0v) is 5.76. The lowest BCUT2D eigenvalue weighted by molar-refractivity contribution is -0.137. The number of carbonyl (C=O) groups is 2. The second kappa shape index (κ2) is 4.00. The van der Waals surface area contributed by atoms with E-state index in [2.05, 4.69) is 0 Å². The molecule has 0 aromatic heterocycles. The lowest BCUT2D eigenvalue weighted by Crippen LogP contribution is -2.13. The molecule has 58 valence electrons. The summed E-state index contributed by atoms with van der Waals surface area (Å²) in [4.78, 5) is 20.3. The first-order chi connectivity index (χ1) is 4.54. The molecule has 0 radical (unpaired) electrons. The van der Waals surface area contributed by atoms with Gasteiger partial charge in [-0.3, -0.25) is 4.79 Å². The topological polar surface area (TPSA) is 78.2 Å². The van der Waals surface area contributed by atoms with E-state index >= 15 is 0 Å². The fourth-order valence-electron chi connectivity index (χ4n) is 0.471. The van der Waals surface area contributed by atoms with E-state index in [1.165, 1.54) is 6.92 Å². The standard InChI is InChI=1S/C6H10NO3/c1-4(8)5(7)2-3-6(9)10/h5,7H,2-3H2,1H3,(H,9,10)/q-1. The van der Waals surface area contributed by atoms with Crippen LogP contribution < -0.4 is 0 Å². The number of Topliss-reactive ketones (excluding diaryl/α,β-unsaturated/α-hetero) is 1. The number of nitrogens with one attached hydrogen (secondary N) is 1. The molecule has 0 aliphatic heterocycles. The summed E-state index contributed by atoms with van der Waals surface area (Å²) in [5, 5.41) is 8.15. The van der Waals surface area contributed by atoms with Gasteiger partial charge < -0.3 is 15.6 Å². The largest absolute Gasteiger partial charge is 0.668 e. The maximum Gasteiger partial charge on any atom is 0.303 e. The van der Waals surface area contributed by atoms with E-state index in [0.717, 1.165) is 0 Å². The number of carbonyl (C=O) groups excluding carboxylic acids is 1. The summed E-state index contributed by atoms with van der Waals surface area (Å²) in [5.41, 5.74) is 7.01. The molecule has 0 rings (SSSR count). The van der Waals surface area contributed by atoms with Gasteiger partial charge in [0.05, 0.1) is 0 Å². The summed E-state index contributed by atoms with van der Waals surface area (Å²) in [6.07, 6.45) is 0.0123. The minimum absolute atomic E-state index is 0.103. The number of aliphatic carboxylic acids is 1. The molecule has 0 amide bonds. The van der Waals surface area contributed by atoms with Gasteiger partial charge in [0.2, 0.25) is 0 Å². The van der Waals surface area contributed by atoms with E-state index in [0.29, 0.717) is 0 Å². The highest BCUT2D eigenvalue weighted by atomic mass is 16.4. The molecular weight excluding hydrogens is 134 g/mol. The van der Waals surface area contributed by atoms with E-state index in [-0.39, 0.29) is 18.6 Å². The van der Waals surface area contributed by atoms with Gasteiger partial charge >= 0.3 is 5.97 Å². The third kappa shape index (κ3) is 4.03. The number of carboxylic acids is 1. The fourth-order valence-corrected chi connectivity index (χ4v) is 0.471. The molecule has 1 atom stereocenters. The Bertz CT molecular complexity index is 144. The third-order valence-electron chi connectivity index (χ3n) is 1.14. The number of rotatable bonds is 4. The van der Waals surface area contributed by atoms with Crippen LogP contribution in [-0.2, 0) is 9.59 Å². The van der Waals surface area contributed by atoms with Gasteiger partial charge in [0.25, 0.3) is 0 Å². The van der Waals surface area contributed by atoms with Crippen molar-refractivity contribution in [3.63, 3.8) is 0 Å². The Hall–Kier alpha value is -0.900. The molecule has 4 nitrogen and oxygen atoms in total. The predicted octanol–water partition coefficient (Wildman–Crippen LogP) is 0.861. The van der Waals surface area contributed by atoms with E-state index < -0.39 is 12.0 Å². The van der Waals surface area contributed by atoms with Crippen molar-refractivity contribution in [2.45, 2.75) is 25.8 Å². The first-order valence-corrected chi connectivity index (χ1v) is 2.97. The Labute approximate surface area is 59.0 Å². The molecule has 0 saturated heterocycles. The van der Waals surface area contributed by atoms with Crippen molar-refractivity contribution < 1.29 is 14.7 Å². The normalized spacial score (nSPS) is 12.6. The maximum absolute atomic E-state index is 10.4. The molecule has 4 heteroatoms. The Morgan fingerprint density at radius 1 is 1.60 bits per heavy atom. The Kier molecular flexibility index (Phi) is 3.64. The number of ketones is 1. The van der Waals surface area contributed by atoms with Gasteiger partial charge in [-0.15, -0.1) is 0 Å². The predicted molar refractivity (Wildman–Crippen MR) is 35.7 cm³/mol. The van der Waals surface area contributed by atoms with Crippen LogP contribution in [0.3, 0.4) is 0 Å². The smallest absolute Gasteiger partial charge is 0.303 e. The first kappa shape index (κ1) is 9.10. The molecule has 0 heterocycles. The highest BCUT2D eigenvalue weighted by Crippen LogP contribution is 2.00. The monoisotopic (exact) mass is 144 g/mol. The average molecular weight is 144 g/mol.